The van der Waals surface area contributed by atoms with Crippen molar-refractivity contribution >= 4 is 16.4 Å². The van der Waals surface area contributed by atoms with Gasteiger partial charge in [-0.3, -0.25) is 0 Å². The Bertz CT molecular complexity index is 99.7. The van der Waals surface area contributed by atoms with Crippen LogP contribution in [0.3, 0.4) is 0 Å². The van der Waals surface area contributed by atoms with Crippen molar-refractivity contribution < 1.29 is 18.5 Å². The Kier molecular flexibility index (Phi) is 14.2. The van der Waals surface area contributed by atoms with Crippen LogP contribution in [0.1, 0.15) is 13.8 Å². The zero-order valence-corrected chi connectivity index (χ0v) is 9.77. The molecule has 74 valence electrons. The summed E-state index contributed by atoms with van der Waals surface area (Å²) in [5.74, 6) is 0. The molecule has 4 nitrogen and oxygen atoms in total. The fourth-order valence-electron chi connectivity index (χ4n) is 0.258. The molecular formula is C6H17O4P2+. The lowest BCUT2D eigenvalue weighted by atomic mass is 10.9. The first-order valence-electron chi connectivity index (χ1n) is 3.63. The first kappa shape index (κ1) is 14.9. The van der Waals surface area contributed by atoms with Crippen LogP contribution in [-0.4, -0.2) is 31.4 Å². The van der Waals surface area contributed by atoms with Crippen molar-refractivity contribution in [1.29, 1.82) is 0 Å². The van der Waals surface area contributed by atoms with Gasteiger partial charge in [0.15, 0.2) is 0 Å². The van der Waals surface area contributed by atoms with Gasteiger partial charge in [0.1, 0.15) is 13.3 Å². The molecule has 12 heavy (non-hydrogen) atoms. The van der Waals surface area contributed by atoms with Crippen LogP contribution in [0.15, 0.2) is 0 Å². The fourth-order valence-corrected chi connectivity index (χ4v) is 0.774. The zero-order chi connectivity index (χ0) is 9.98. The van der Waals surface area contributed by atoms with E-state index >= 15 is 0 Å². The minimum Gasteiger partial charge on any atom is -0.328 e. The van der Waals surface area contributed by atoms with Crippen LogP contribution in [0.25, 0.3) is 0 Å². The van der Waals surface area contributed by atoms with E-state index in [0.29, 0.717) is 13.2 Å². The Balaban J connectivity index is 0. The van der Waals surface area contributed by atoms with E-state index in [9.17, 15) is 4.57 Å². The van der Waals surface area contributed by atoms with Gasteiger partial charge < -0.3 is 13.9 Å². The highest BCUT2D eigenvalue weighted by atomic mass is 31.2. The van der Waals surface area contributed by atoms with Gasteiger partial charge in [-0.25, -0.2) is 0 Å². The van der Waals surface area contributed by atoms with E-state index < -0.39 is 16.4 Å². The van der Waals surface area contributed by atoms with Crippen molar-refractivity contribution in [2.75, 3.05) is 26.5 Å². The minimum absolute atomic E-state index is 0.502. The molecule has 0 atom stereocenters. The molecule has 0 aromatic heterocycles. The molecule has 0 aliphatic carbocycles. The molecule has 0 aliphatic rings. The maximum absolute atomic E-state index is 9.59. The van der Waals surface area contributed by atoms with E-state index in [4.69, 9.17) is 4.89 Å². The molecule has 0 aromatic rings. The van der Waals surface area contributed by atoms with Gasteiger partial charge in [-0.15, -0.1) is 0 Å². The highest BCUT2D eigenvalue weighted by Gasteiger charge is 2.00. The van der Waals surface area contributed by atoms with E-state index in [1.165, 1.54) is 0 Å². The second-order valence-corrected chi connectivity index (χ2v) is 4.50. The lowest BCUT2D eigenvalue weighted by Crippen LogP contribution is -1.87. The molecule has 0 unspecified atom stereocenters. The summed E-state index contributed by atoms with van der Waals surface area (Å²) in [4.78, 5) is 8.67. The Morgan fingerprint density at radius 3 is 1.67 bits per heavy atom. The van der Waals surface area contributed by atoms with Crippen molar-refractivity contribution in [2.24, 2.45) is 0 Å². The summed E-state index contributed by atoms with van der Waals surface area (Å²) >= 11 is 0. The third-order valence-corrected chi connectivity index (χ3v) is 1.44. The quantitative estimate of drug-likeness (QED) is 0.731. The molecule has 0 rings (SSSR count). The van der Waals surface area contributed by atoms with Gasteiger partial charge in [-0.05, 0) is 13.8 Å². The lowest BCUT2D eigenvalue weighted by molar-refractivity contribution is 0.216. The maximum Gasteiger partial charge on any atom is 0.332 e. The number of hydrogen-bond donors (Lipinski definition) is 1. The topological polar surface area (TPSA) is 55.8 Å². The minimum atomic E-state index is -1.58. The molecule has 1 N–H and O–H groups in total. The van der Waals surface area contributed by atoms with Crippen molar-refractivity contribution in [3.05, 3.63) is 0 Å². The van der Waals surface area contributed by atoms with Gasteiger partial charge >= 0.3 is 16.4 Å². The normalized spacial score (nSPS) is 9.17. The Morgan fingerprint density at radius 1 is 1.25 bits per heavy atom. The molecule has 0 aromatic carbocycles. The highest BCUT2D eigenvalue weighted by Crippen LogP contribution is 2.31. The number of hydrogen-bond acceptors (Lipinski definition) is 4. The molecule has 0 bridgehead atoms. The van der Waals surface area contributed by atoms with E-state index in [2.05, 4.69) is 9.05 Å². The van der Waals surface area contributed by atoms with Crippen LogP contribution in [-0.2, 0) is 13.6 Å². The van der Waals surface area contributed by atoms with E-state index in [-0.39, 0.29) is 0 Å². The summed E-state index contributed by atoms with van der Waals surface area (Å²) in [6, 6.07) is 0. The van der Waals surface area contributed by atoms with Crippen molar-refractivity contribution in [2.45, 2.75) is 13.8 Å². The van der Waals surface area contributed by atoms with Crippen molar-refractivity contribution in [3.8, 4) is 0 Å². The molecule has 0 saturated carbocycles. The first-order valence-corrected chi connectivity index (χ1v) is 6.92. The fraction of sp³-hybridized carbons (Fsp3) is 1.00. The van der Waals surface area contributed by atoms with Crippen LogP contribution in [0.4, 0.5) is 0 Å². The predicted molar refractivity (Wildman–Crippen MR) is 51.8 cm³/mol. The molecule has 6 heteroatoms. The lowest BCUT2D eigenvalue weighted by Gasteiger charge is -2.05. The van der Waals surface area contributed by atoms with Gasteiger partial charge in [0.05, 0.1) is 13.2 Å². The molecule has 0 heterocycles. The Morgan fingerprint density at radius 2 is 1.50 bits per heavy atom. The average molecular weight is 215 g/mol. The van der Waals surface area contributed by atoms with Gasteiger partial charge in [-0.2, -0.15) is 0 Å². The van der Waals surface area contributed by atoms with Crippen molar-refractivity contribution in [1.82, 2.24) is 0 Å². The molecule has 0 radical (unpaired) electrons. The van der Waals surface area contributed by atoms with Crippen molar-refractivity contribution in [3.63, 3.8) is 0 Å². The Hall–Kier alpha value is 0.410. The van der Waals surface area contributed by atoms with Crippen LogP contribution in [0.2, 0.25) is 0 Å². The summed E-state index contributed by atoms with van der Waals surface area (Å²) in [6.45, 7) is 7.98. The largest absolute Gasteiger partial charge is 0.332 e. The van der Waals surface area contributed by atoms with Gasteiger partial charge in [-0.1, -0.05) is 4.57 Å². The molecule has 0 spiro atoms. The van der Waals surface area contributed by atoms with E-state index in [0.717, 1.165) is 0 Å². The second kappa shape index (κ2) is 11.4. The zero-order valence-electron chi connectivity index (χ0n) is 7.98. The summed E-state index contributed by atoms with van der Waals surface area (Å²) < 4.78 is 19.0. The molecule has 0 fully saturated rings. The van der Waals surface area contributed by atoms with Gasteiger partial charge in [0.2, 0.25) is 0 Å². The number of rotatable bonds is 4. The SMILES string of the molecule is CCOP(O)OCC.C[P+](C)=O. The van der Waals surface area contributed by atoms with E-state index in [1.54, 1.807) is 13.3 Å². The average Bonchev–Trinajstić information content (AvgIpc) is 1.87. The van der Waals surface area contributed by atoms with Crippen LogP contribution >= 0.6 is 16.4 Å². The molecule has 0 aliphatic heterocycles. The van der Waals surface area contributed by atoms with Gasteiger partial charge in [0.25, 0.3) is 0 Å². The van der Waals surface area contributed by atoms with E-state index in [1.807, 2.05) is 13.8 Å². The van der Waals surface area contributed by atoms with Crippen LogP contribution in [0.5, 0.6) is 0 Å². The highest BCUT2D eigenvalue weighted by molar-refractivity contribution is 7.42. The third-order valence-electron chi connectivity index (χ3n) is 0.479. The standard InChI is InChI=1S/C4H11O3P.C2H6OP/c1-3-6-8(5)7-4-2;1-4(2)3/h5H,3-4H2,1-2H3;1-2H3/q;+1. The Labute approximate surface area is 76.1 Å². The molecular weight excluding hydrogens is 198 g/mol. The maximum atomic E-state index is 9.59. The third kappa shape index (κ3) is 22.4. The van der Waals surface area contributed by atoms with Crippen LogP contribution in [0, 0.1) is 0 Å². The summed E-state index contributed by atoms with van der Waals surface area (Å²) in [5.41, 5.74) is 0. The second-order valence-electron chi connectivity index (χ2n) is 1.89. The predicted octanol–water partition coefficient (Wildman–Crippen LogP) is 2.35. The molecule has 0 amide bonds. The van der Waals surface area contributed by atoms with Gasteiger partial charge in [0, 0.05) is 0 Å². The summed E-state index contributed by atoms with van der Waals surface area (Å²) in [7, 11) is -2.45. The first-order chi connectivity index (χ1) is 5.54. The van der Waals surface area contributed by atoms with Crippen LogP contribution < -0.4 is 0 Å². The summed E-state index contributed by atoms with van der Waals surface area (Å²) in [6.07, 6.45) is 0. The smallest absolute Gasteiger partial charge is 0.328 e. The molecule has 0 saturated heterocycles. The monoisotopic (exact) mass is 215 g/mol. The summed E-state index contributed by atoms with van der Waals surface area (Å²) in [5, 5.41) is 0.